The molecule has 0 radical (unpaired) electrons. The number of benzene rings is 1. The van der Waals surface area contributed by atoms with E-state index in [9.17, 15) is 32.4 Å². The lowest BCUT2D eigenvalue weighted by Crippen LogP contribution is -2.54. The number of nitrogens with zero attached hydrogens (tertiary/aromatic N) is 5. The molecule has 7 rings (SSSR count). The minimum absolute atomic E-state index is 0.0323. The van der Waals surface area contributed by atoms with E-state index in [0.29, 0.717) is 109 Å². The average molecular weight is 866 g/mol. The molecule has 3 aromatic rings. The third-order valence-electron chi connectivity index (χ3n) is 11.5. The summed E-state index contributed by atoms with van der Waals surface area (Å²) in [6.45, 7) is 4.63. The number of sulfonamides is 1. The number of piperidine rings is 2. The van der Waals surface area contributed by atoms with Crippen molar-refractivity contribution in [3.63, 3.8) is 0 Å². The van der Waals surface area contributed by atoms with Crippen molar-refractivity contribution >= 4 is 56.3 Å². The minimum Gasteiger partial charge on any atom is -0.382 e. The van der Waals surface area contributed by atoms with Crippen molar-refractivity contribution in [2.75, 3.05) is 88.8 Å². The number of carbonyl (C=O) groups excluding carboxylic acids is 4. The van der Waals surface area contributed by atoms with Crippen LogP contribution in [0.5, 0.6) is 0 Å². The molecule has 2 aromatic heterocycles. The molecule has 4 aliphatic rings. The summed E-state index contributed by atoms with van der Waals surface area (Å²) >= 11 is 0. The molecule has 1 atom stereocenters. The monoisotopic (exact) mass is 865 g/mol. The SMILES string of the molecule is O=C1CCC(N2C(=O)c3cccc(NCCOCCOCCOCCNCCCS(=O)(=O)N4CCC(Nc5ncc6ccc(=O)n(C7CCCC7)c6n5)CC4)c3C2=O)C(=O)N1. The Kier molecular flexibility index (Phi) is 15.1. The molecule has 19 nitrogen and oxygen atoms in total. The van der Waals surface area contributed by atoms with Gasteiger partial charge >= 0.3 is 0 Å². The molecule has 4 N–H and O–H groups in total. The number of nitrogens with one attached hydrogen (secondary N) is 4. The van der Waals surface area contributed by atoms with Crippen molar-refractivity contribution in [1.29, 1.82) is 0 Å². The smallest absolute Gasteiger partial charge is 0.264 e. The summed E-state index contributed by atoms with van der Waals surface area (Å²) in [6, 6.07) is 7.41. The van der Waals surface area contributed by atoms with Gasteiger partial charge in [0.25, 0.3) is 17.4 Å². The summed E-state index contributed by atoms with van der Waals surface area (Å²) < 4.78 is 46.3. The molecule has 330 valence electrons. The molecule has 20 heteroatoms. The van der Waals surface area contributed by atoms with Gasteiger partial charge < -0.3 is 30.2 Å². The zero-order valence-electron chi connectivity index (χ0n) is 34.3. The third-order valence-corrected chi connectivity index (χ3v) is 13.4. The van der Waals surface area contributed by atoms with Gasteiger partial charge in [-0.3, -0.25) is 38.8 Å². The van der Waals surface area contributed by atoms with Gasteiger partial charge in [0.1, 0.15) is 11.7 Å². The van der Waals surface area contributed by atoms with Crippen molar-refractivity contribution in [2.24, 2.45) is 0 Å². The highest BCUT2D eigenvalue weighted by atomic mass is 32.2. The highest BCUT2D eigenvalue weighted by molar-refractivity contribution is 7.89. The van der Waals surface area contributed by atoms with E-state index in [4.69, 9.17) is 19.2 Å². The van der Waals surface area contributed by atoms with E-state index in [1.807, 2.05) is 4.57 Å². The number of aromatic nitrogens is 3. The van der Waals surface area contributed by atoms with E-state index in [1.54, 1.807) is 40.8 Å². The molecule has 1 aliphatic carbocycles. The summed E-state index contributed by atoms with van der Waals surface area (Å²) in [5, 5.41) is 12.8. The van der Waals surface area contributed by atoms with Crippen LogP contribution in [0.25, 0.3) is 11.0 Å². The van der Waals surface area contributed by atoms with E-state index < -0.39 is 39.7 Å². The summed E-state index contributed by atoms with van der Waals surface area (Å²) in [5.74, 6) is -1.68. The number of imide groups is 2. The number of hydrogen-bond donors (Lipinski definition) is 4. The highest BCUT2D eigenvalue weighted by Gasteiger charge is 2.45. The van der Waals surface area contributed by atoms with Gasteiger partial charge in [-0.2, -0.15) is 4.98 Å². The van der Waals surface area contributed by atoms with E-state index >= 15 is 0 Å². The number of fused-ring (bicyclic) bond motifs is 2. The number of hydrogen-bond acceptors (Lipinski definition) is 15. The maximum atomic E-state index is 13.2. The Morgan fingerprint density at radius 1 is 0.803 bits per heavy atom. The molecule has 5 heterocycles. The maximum Gasteiger partial charge on any atom is 0.264 e. The van der Waals surface area contributed by atoms with Gasteiger partial charge in [0.2, 0.25) is 27.8 Å². The van der Waals surface area contributed by atoms with E-state index in [-0.39, 0.29) is 47.4 Å². The van der Waals surface area contributed by atoms with Crippen LogP contribution < -0.4 is 26.8 Å². The van der Waals surface area contributed by atoms with Crippen LogP contribution in [0.2, 0.25) is 0 Å². The molecule has 3 aliphatic heterocycles. The third kappa shape index (κ3) is 11.0. The summed E-state index contributed by atoms with van der Waals surface area (Å²) in [4.78, 5) is 73.0. The van der Waals surface area contributed by atoms with Crippen molar-refractivity contribution in [1.82, 2.24) is 34.4 Å². The fourth-order valence-corrected chi connectivity index (χ4v) is 9.86. The predicted molar refractivity (Wildman–Crippen MR) is 225 cm³/mol. The Morgan fingerprint density at radius 3 is 2.26 bits per heavy atom. The Labute approximate surface area is 354 Å². The molecule has 1 unspecified atom stereocenters. The van der Waals surface area contributed by atoms with Crippen LogP contribution in [0, 0.1) is 0 Å². The topological polar surface area (TPSA) is 232 Å². The second-order valence-electron chi connectivity index (χ2n) is 15.6. The quantitative estimate of drug-likeness (QED) is 0.0831. The summed E-state index contributed by atoms with van der Waals surface area (Å²) in [7, 11) is -3.38. The van der Waals surface area contributed by atoms with Crippen LogP contribution in [0.1, 0.15) is 84.5 Å². The fourth-order valence-electron chi connectivity index (χ4n) is 8.32. The van der Waals surface area contributed by atoms with Crippen molar-refractivity contribution in [3.8, 4) is 0 Å². The number of carbonyl (C=O) groups is 4. The van der Waals surface area contributed by atoms with Crippen molar-refractivity contribution < 1.29 is 41.8 Å². The lowest BCUT2D eigenvalue weighted by Gasteiger charge is -2.31. The van der Waals surface area contributed by atoms with Gasteiger partial charge in [-0.25, -0.2) is 17.7 Å². The zero-order valence-corrected chi connectivity index (χ0v) is 35.1. The lowest BCUT2D eigenvalue weighted by atomic mass is 10.0. The van der Waals surface area contributed by atoms with Gasteiger partial charge in [-0.15, -0.1) is 0 Å². The number of pyridine rings is 1. The van der Waals surface area contributed by atoms with Crippen molar-refractivity contribution in [3.05, 3.63) is 58.0 Å². The van der Waals surface area contributed by atoms with E-state index in [2.05, 4.69) is 26.3 Å². The zero-order chi connectivity index (χ0) is 42.8. The second-order valence-corrected chi connectivity index (χ2v) is 17.7. The van der Waals surface area contributed by atoms with Crippen LogP contribution in [-0.4, -0.2) is 146 Å². The van der Waals surface area contributed by atoms with Crippen LogP contribution >= 0.6 is 0 Å². The van der Waals surface area contributed by atoms with Crippen molar-refractivity contribution in [2.45, 2.75) is 75.9 Å². The minimum atomic E-state index is -3.38. The first-order valence-corrected chi connectivity index (χ1v) is 22.9. The predicted octanol–water partition coefficient (Wildman–Crippen LogP) is 1.66. The van der Waals surface area contributed by atoms with Gasteiger partial charge in [0.15, 0.2) is 0 Å². The highest BCUT2D eigenvalue weighted by Crippen LogP contribution is 2.33. The molecule has 0 spiro atoms. The second kappa shape index (κ2) is 20.8. The Balaban J connectivity index is 0.692. The number of rotatable bonds is 22. The molecule has 2 saturated heterocycles. The van der Waals surface area contributed by atoms with Gasteiger partial charge in [0.05, 0.1) is 56.5 Å². The maximum absolute atomic E-state index is 13.2. The van der Waals surface area contributed by atoms with Gasteiger partial charge in [0, 0.05) is 68.0 Å². The Morgan fingerprint density at radius 2 is 1.52 bits per heavy atom. The first-order valence-electron chi connectivity index (χ1n) is 21.3. The molecular weight excluding hydrogens is 811 g/mol. The Hall–Kier alpha value is -4.86. The van der Waals surface area contributed by atoms with E-state index in [0.717, 1.165) is 36.0 Å². The molecular formula is C41H55N9O10S. The summed E-state index contributed by atoms with van der Waals surface area (Å²) in [6.07, 6.45) is 7.81. The molecule has 1 aromatic carbocycles. The van der Waals surface area contributed by atoms with Crippen LogP contribution in [0.4, 0.5) is 11.6 Å². The van der Waals surface area contributed by atoms with E-state index in [1.165, 1.54) is 0 Å². The fraction of sp³-hybridized carbons (Fsp3) is 0.585. The van der Waals surface area contributed by atoms with Gasteiger partial charge in [-0.05, 0) is 63.3 Å². The first kappa shape index (κ1) is 44.2. The molecule has 61 heavy (non-hydrogen) atoms. The normalized spacial score (nSPS) is 19.2. The first-order chi connectivity index (χ1) is 29.6. The number of ether oxygens (including phenoxy) is 3. The lowest BCUT2D eigenvalue weighted by molar-refractivity contribution is -0.136. The van der Waals surface area contributed by atoms with Crippen LogP contribution in [0.15, 0.2) is 41.3 Å². The van der Waals surface area contributed by atoms with Crippen LogP contribution in [-0.2, 0) is 33.8 Å². The van der Waals surface area contributed by atoms with Crippen LogP contribution in [0.3, 0.4) is 0 Å². The summed E-state index contributed by atoms with van der Waals surface area (Å²) in [5.41, 5.74) is 1.47. The molecule has 0 bridgehead atoms. The van der Waals surface area contributed by atoms with Gasteiger partial charge in [-0.1, -0.05) is 18.9 Å². The molecule has 3 fully saturated rings. The Bertz CT molecular complexity index is 2220. The number of anilines is 2. The largest absolute Gasteiger partial charge is 0.382 e. The molecule has 4 amide bonds. The number of amides is 4. The molecule has 1 saturated carbocycles. The average Bonchev–Trinajstić information content (AvgIpc) is 3.87. The standard InChI is InChI=1S/C41H55N9O10S/c51-34-11-10-33(38(53)46-34)50-39(54)31-7-3-8-32(36(31)40(50)55)43-17-21-59-23-25-60-24-22-58-20-16-42-15-4-26-61(56,57)48-18-13-29(14-19-48)45-41-44-27-28-9-12-35(52)49(37(28)47-41)30-5-1-2-6-30/h3,7-9,12,27,29-30,33,42-43H,1-2,4-6,10-11,13-26H2,(H,44,45,47)(H,46,51,53).